The van der Waals surface area contributed by atoms with Gasteiger partial charge >= 0.3 is 0 Å². The lowest BCUT2D eigenvalue weighted by Gasteiger charge is -2.32. The Morgan fingerprint density at radius 3 is 2.20 bits per heavy atom. The third kappa shape index (κ3) is 6.13. The summed E-state index contributed by atoms with van der Waals surface area (Å²) >= 11 is 0. The van der Waals surface area contributed by atoms with Crippen LogP contribution in [-0.4, -0.2) is 62.8 Å². The molecule has 0 amide bonds. The first-order chi connectivity index (χ1) is 6.97. The van der Waals surface area contributed by atoms with Crippen molar-refractivity contribution in [3.05, 3.63) is 0 Å². The van der Waals surface area contributed by atoms with Crippen LogP contribution < -0.4 is 0 Å². The Balaban J connectivity index is 2.01. The fourth-order valence-corrected chi connectivity index (χ4v) is 1.64. The van der Waals surface area contributed by atoms with E-state index in [1.165, 1.54) is 26.2 Å². The number of hydrogen-bond acceptors (Lipinski definition) is 3. The molecule has 0 aromatic rings. The molecule has 1 fully saturated rings. The summed E-state index contributed by atoms with van der Waals surface area (Å²) in [5, 5.41) is 0. The molecule has 0 atom stereocenters. The summed E-state index contributed by atoms with van der Waals surface area (Å²) in [5.74, 6) is 0. The van der Waals surface area contributed by atoms with Gasteiger partial charge in [0.2, 0.25) is 0 Å². The smallest absolute Gasteiger partial charge is 0.0593 e. The Bertz CT molecular complexity index is 169. The standard InChI is InChI=1S/C12H26N2O/c1-12(2,3)11-15-10-9-14-7-5-13(4)6-8-14/h5-11H2,1-4H3. The van der Waals surface area contributed by atoms with E-state index in [0.717, 1.165) is 19.8 Å². The number of hydrogen-bond donors (Lipinski definition) is 0. The number of ether oxygens (including phenoxy) is 1. The third-order valence-corrected chi connectivity index (χ3v) is 2.68. The van der Waals surface area contributed by atoms with Gasteiger partial charge < -0.3 is 9.64 Å². The van der Waals surface area contributed by atoms with Gasteiger partial charge in [0.15, 0.2) is 0 Å². The van der Waals surface area contributed by atoms with Crippen LogP contribution in [0.3, 0.4) is 0 Å². The molecule has 0 bridgehead atoms. The van der Waals surface area contributed by atoms with Crippen molar-refractivity contribution in [3.63, 3.8) is 0 Å². The number of rotatable bonds is 4. The van der Waals surface area contributed by atoms with Gasteiger partial charge in [-0.1, -0.05) is 20.8 Å². The van der Waals surface area contributed by atoms with Crippen LogP contribution in [0.25, 0.3) is 0 Å². The Morgan fingerprint density at radius 2 is 1.67 bits per heavy atom. The fraction of sp³-hybridized carbons (Fsp3) is 1.00. The maximum atomic E-state index is 5.67. The number of nitrogens with zero attached hydrogens (tertiary/aromatic N) is 2. The van der Waals surface area contributed by atoms with Crippen LogP contribution in [0.4, 0.5) is 0 Å². The largest absolute Gasteiger partial charge is 0.380 e. The first kappa shape index (κ1) is 12.9. The summed E-state index contributed by atoms with van der Waals surface area (Å²) in [6.45, 7) is 14.2. The van der Waals surface area contributed by atoms with Crippen molar-refractivity contribution in [1.82, 2.24) is 9.80 Å². The second-order valence-corrected chi connectivity index (χ2v) is 5.76. The molecule has 3 heteroatoms. The third-order valence-electron chi connectivity index (χ3n) is 2.68. The topological polar surface area (TPSA) is 15.7 Å². The van der Waals surface area contributed by atoms with E-state index in [9.17, 15) is 0 Å². The van der Waals surface area contributed by atoms with E-state index in [4.69, 9.17) is 4.74 Å². The highest BCUT2D eigenvalue weighted by Crippen LogP contribution is 2.12. The Morgan fingerprint density at radius 1 is 1.07 bits per heavy atom. The minimum Gasteiger partial charge on any atom is -0.380 e. The minimum atomic E-state index is 0.294. The maximum Gasteiger partial charge on any atom is 0.0593 e. The second kappa shape index (κ2) is 5.83. The van der Waals surface area contributed by atoms with Crippen molar-refractivity contribution in [2.75, 3.05) is 53.0 Å². The molecule has 0 aliphatic carbocycles. The molecule has 0 N–H and O–H groups in total. The molecule has 15 heavy (non-hydrogen) atoms. The molecule has 1 aliphatic heterocycles. The van der Waals surface area contributed by atoms with Crippen LogP contribution in [-0.2, 0) is 4.74 Å². The molecule has 3 nitrogen and oxygen atoms in total. The van der Waals surface area contributed by atoms with Crippen molar-refractivity contribution in [1.29, 1.82) is 0 Å². The Labute approximate surface area is 94.4 Å². The van der Waals surface area contributed by atoms with E-state index in [-0.39, 0.29) is 0 Å². The van der Waals surface area contributed by atoms with Gasteiger partial charge in [-0.2, -0.15) is 0 Å². The van der Waals surface area contributed by atoms with Crippen molar-refractivity contribution in [2.45, 2.75) is 20.8 Å². The zero-order valence-corrected chi connectivity index (χ0v) is 10.8. The molecule has 1 rings (SSSR count). The van der Waals surface area contributed by atoms with Gasteiger partial charge in [0, 0.05) is 32.7 Å². The molecule has 0 aromatic heterocycles. The summed E-state index contributed by atoms with van der Waals surface area (Å²) < 4.78 is 5.67. The molecule has 1 saturated heterocycles. The van der Waals surface area contributed by atoms with Gasteiger partial charge in [-0.3, -0.25) is 4.90 Å². The highest BCUT2D eigenvalue weighted by Gasteiger charge is 2.14. The molecule has 1 heterocycles. The SMILES string of the molecule is CN1CCN(CCOCC(C)(C)C)CC1. The highest BCUT2D eigenvalue weighted by atomic mass is 16.5. The molecule has 90 valence electrons. The first-order valence-corrected chi connectivity index (χ1v) is 5.96. The normalized spacial score (nSPS) is 20.8. The molecule has 0 radical (unpaired) electrons. The summed E-state index contributed by atoms with van der Waals surface area (Å²) in [7, 11) is 2.19. The zero-order chi connectivity index (χ0) is 11.3. The lowest BCUT2D eigenvalue weighted by molar-refractivity contribution is 0.0451. The number of likely N-dealkylation sites (N-methyl/N-ethyl adjacent to an activating group) is 1. The lowest BCUT2D eigenvalue weighted by atomic mass is 9.99. The average Bonchev–Trinajstić information content (AvgIpc) is 2.14. The van der Waals surface area contributed by atoms with E-state index in [1.54, 1.807) is 0 Å². The maximum absolute atomic E-state index is 5.67. The van der Waals surface area contributed by atoms with Crippen molar-refractivity contribution in [2.24, 2.45) is 5.41 Å². The van der Waals surface area contributed by atoms with Crippen molar-refractivity contribution in [3.8, 4) is 0 Å². The van der Waals surface area contributed by atoms with Gasteiger partial charge in [0.1, 0.15) is 0 Å². The molecule has 0 unspecified atom stereocenters. The highest BCUT2D eigenvalue weighted by molar-refractivity contribution is 4.69. The second-order valence-electron chi connectivity index (χ2n) is 5.76. The van der Waals surface area contributed by atoms with Crippen molar-refractivity contribution >= 4 is 0 Å². The van der Waals surface area contributed by atoms with Gasteiger partial charge in [-0.05, 0) is 12.5 Å². The fourth-order valence-electron chi connectivity index (χ4n) is 1.64. The molecular formula is C12H26N2O. The predicted molar refractivity (Wildman–Crippen MR) is 64.2 cm³/mol. The lowest BCUT2D eigenvalue weighted by Crippen LogP contribution is -2.45. The van der Waals surface area contributed by atoms with Crippen molar-refractivity contribution < 1.29 is 4.74 Å². The van der Waals surface area contributed by atoms with E-state index < -0.39 is 0 Å². The van der Waals surface area contributed by atoms with Gasteiger partial charge in [0.25, 0.3) is 0 Å². The predicted octanol–water partition coefficient (Wildman–Crippen LogP) is 1.30. The van der Waals surface area contributed by atoms with Crippen LogP contribution in [0.5, 0.6) is 0 Å². The average molecular weight is 214 g/mol. The van der Waals surface area contributed by atoms with Gasteiger partial charge in [0.05, 0.1) is 13.2 Å². The molecule has 0 spiro atoms. The number of piperazine rings is 1. The molecular weight excluding hydrogens is 188 g/mol. The minimum absolute atomic E-state index is 0.294. The summed E-state index contributed by atoms with van der Waals surface area (Å²) in [6, 6.07) is 0. The van der Waals surface area contributed by atoms with E-state index in [2.05, 4.69) is 37.6 Å². The Hall–Kier alpha value is -0.120. The summed E-state index contributed by atoms with van der Waals surface area (Å²) in [6.07, 6.45) is 0. The van der Waals surface area contributed by atoms with Crippen LogP contribution in [0, 0.1) is 5.41 Å². The van der Waals surface area contributed by atoms with Crippen LogP contribution in [0.1, 0.15) is 20.8 Å². The van der Waals surface area contributed by atoms with Crippen LogP contribution >= 0.6 is 0 Å². The van der Waals surface area contributed by atoms with E-state index >= 15 is 0 Å². The summed E-state index contributed by atoms with van der Waals surface area (Å²) in [4.78, 5) is 4.87. The van der Waals surface area contributed by atoms with Crippen LogP contribution in [0.15, 0.2) is 0 Å². The van der Waals surface area contributed by atoms with E-state index in [1.807, 2.05) is 0 Å². The van der Waals surface area contributed by atoms with Gasteiger partial charge in [-0.25, -0.2) is 0 Å². The molecule has 1 aliphatic rings. The van der Waals surface area contributed by atoms with Gasteiger partial charge in [-0.15, -0.1) is 0 Å². The quantitative estimate of drug-likeness (QED) is 0.656. The Kier molecular flexibility index (Phi) is 5.03. The molecule has 0 aromatic carbocycles. The van der Waals surface area contributed by atoms with E-state index in [0.29, 0.717) is 5.41 Å². The summed E-state index contributed by atoms with van der Waals surface area (Å²) in [5.41, 5.74) is 0.294. The zero-order valence-electron chi connectivity index (χ0n) is 10.8. The first-order valence-electron chi connectivity index (χ1n) is 5.96. The van der Waals surface area contributed by atoms with Crippen LogP contribution in [0.2, 0.25) is 0 Å². The molecule has 0 saturated carbocycles. The monoisotopic (exact) mass is 214 g/mol.